The molecule has 0 unspecified atom stereocenters. The molecule has 0 saturated carbocycles. The molecule has 4 nitrogen and oxygen atoms in total. The molecule has 2 N–H and O–H groups in total. The van der Waals surface area contributed by atoms with Crippen molar-refractivity contribution in [3.63, 3.8) is 0 Å². The van der Waals surface area contributed by atoms with Crippen LogP contribution < -0.4 is 0 Å². The third kappa shape index (κ3) is 1.92. The molecule has 0 aliphatic rings. The minimum atomic E-state index is -0.955. The number of imidazole rings is 1. The van der Waals surface area contributed by atoms with Gasteiger partial charge in [-0.3, -0.25) is 0 Å². The van der Waals surface area contributed by atoms with Crippen molar-refractivity contribution in [2.75, 3.05) is 0 Å². The highest BCUT2D eigenvalue weighted by Gasteiger charge is 2.10. The van der Waals surface area contributed by atoms with Gasteiger partial charge in [0.1, 0.15) is 0 Å². The normalized spacial score (nSPS) is 10.2. The van der Waals surface area contributed by atoms with Gasteiger partial charge in [-0.2, -0.15) is 0 Å². The number of aromatic carboxylic acids is 1. The van der Waals surface area contributed by atoms with Crippen LogP contribution in [0.4, 0.5) is 0 Å². The van der Waals surface area contributed by atoms with Crippen LogP contribution in [0.5, 0.6) is 0 Å². The average molecular weight is 267 g/mol. The second kappa shape index (κ2) is 3.86. The zero-order valence-corrected chi connectivity index (χ0v) is 9.15. The van der Waals surface area contributed by atoms with Crippen molar-refractivity contribution < 1.29 is 9.90 Å². The monoisotopic (exact) mass is 266 g/mol. The average Bonchev–Trinajstić information content (AvgIpc) is 2.71. The molecule has 0 aliphatic carbocycles. The molecule has 76 valence electrons. The smallest absolute Gasteiger partial charge is 0.336 e. The Morgan fingerprint density at radius 3 is 2.87 bits per heavy atom. The zero-order valence-electron chi connectivity index (χ0n) is 7.57. The van der Waals surface area contributed by atoms with E-state index in [1.165, 1.54) is 0 Å². The predicted octanol–water partition coefficient (Wildman–Crippen LogP) is 2.54. The van der Waals surface area contributed by atoms with Gasteiger partial charge in [0.2, 0.25) is 0 Å². The first-order valence-corrected chi connectivity index (χ1v) is 4.99. The van der Waals surface area contributed by atoms with E-state index in [9.17, 15) is 4.79 Å². The molecule has 0 atom stereocenters. The van der Waals surface area contributed by atoms with Crippen molar-refractivity contribution in [3.05, 3.63) is 40.8 Å². The van der Waals surface area contributed by atoms with Crippen LogP contribution in [0, 0.1) is 0 Å². The Balaban J connectivity index is 2.52. The lowest BCUT2D eigenvalue weighted by atomic mass is 10.1. The van der Waals surface area contributed by atoms with Crippen LogP contribution in [-0.4, -0.2) is 21.0 Å². The Bertz CT molecular complexity index is 494. The Morgan fingerprint density at radius 1 is 1.47 bits per heavy atom. The standard InChI is InChI=1S/C10H7BrN2O2/c11-8-2-1-6(3-7(8)10(14)15)9-4-12-5-13-9/h1-5H,(H,12,13)(H,14,15). The molecule has 15 heavy (non-hydrogen) atoms. The Labute approximate surface area is 94.1 Å². The summed E-state index contributed by atoms with van der Waals surface area (Å²) in [6.45, 7) is 0. The van der Waals surface area contributed by atoms with E-state index < -0.39 is 5.97 Å². The van der Waals surface area contributed by atoms with Gasteiger partial charge in [0, 0.05) is 10.0 Å². The summed E-state index contributed by atoms with van der Waals surface area (Å²) >= 11 is 3.19. The van der Waals surface area contributed by atoms with Gasteiger partial charge in [0.05, 0.1) is 23.8 Å². The van der Waals surface area contributed by atoms with Crippen LogP contribution in [0.2, 0.25) is 0 Å². The molecule has 0 spiro atoms. The number of aromatic amines is 1. The minimum absolute atomic E-state index is 0.238. The highest BCUT2D eigenvalue weighted by Crippen LogP contribution is 2.23. The van der Waals surface area contributed by atoms with Crippen molar-refractivity contribution in [2.45, 2.75) is 0 Å². The maximum absolute atomic E-state index is 10.9. The summed E-state index contributed by atoms with van der Waals surface area (Å²) < 4.78 is 0.568. The Kier molecular flexibility index (Phi) is 2.55. The summed E-state index contributed by atoms with van der Waals surface area (Å²) in [7, 11) is 0. The number of halogens is 1. The van der Waals surface area contributed by atoms with Gasteiger partial charge in [-0.15, -0.1) is 0 Å². The number of nitrogens with one attached hydrogen (secondary N) is 1. The summed E-state index contributed by atoms with van der Waals surface area (Å²) in [5.41, 5.74) is 1.83. The molecule has 2 aromatic rings. The first-order chi connectivity index (χ1) is 7.18. The first kappa shape index (κ1) is 9.92. The summed E-state index contributed by atoms with van der Waals surface area (Å²) in [4.78, 5) is 17.7. The number of nitrogens with zero attached hydrogens (tertiary/aromatic N) is 1. The molecule has 0 saturated heterocycles. The molecule has 0 amide bonds. The van der Waals surface area contributed by atoms with E-state index in [-0.39, 0.29) is 5.56 Å². The van der Waals surface area contributed by atoms with Gasteiger partial charge in [-0.1, -0.05) is 6.07 Å². The Hall–Kier alpha value is -1.62. The number of aromatic nitrogens is 2. The molecule has 0 aliphatic heterocycles. The highest BCUT2D eigenvalue weighted by molar-refractivity contribution is 9.10. The lowest BCUT2D eigenvalue weighted by Crippen LogP contribution is -1.97. The lowest BCUT2D eigenvalue weighted by molar-refractivity contribution is 0.0696. The van der Waals surface area contributed by atoms with Crippen LogP contribution >= 0.6 is 15.9 Å². The molecule has 1 heterocycles. The summed E-state index contributed by atoms with van der Waals surface area (Å²) in [6.07, 6.45) is 3.20. The molecule has 0 fully saturated rings. The fraction of sp³-hybridized carbons (Fsp3) is 0. The van der Waals surface area contributed by atoms with Crippen LogP contribution in [-0.2, 0) is 0 Å². The number of H-pyrrole nitrogens is 1. The molecule has 1 aromatic carbocycles. The SMILES string of the molecule is O=C(O)c1cc(-c2cnc[nH]2)ccc1Br. The Morgan fingerprint density at radius 2 is 2.27 bits per heavy atom. The number of hydrogen-bond acceptors (Lipinski definition) is 2. The van der Waals surface area contributed by atoms with Crippen molar-refractivity contribution in [3.8, 4) is 11.3 Å². The second-order valence-electron chi connectivity index (χ2n) is 2.97. The van der Waals surface area contributed by atoms with E-state index in [2.05, 4.69) is 25.9 Å². The van der Waals surface area contributed by atoms with Crippen LogP contribution in [0.15, 0.2) is 35.2 Å². The number of carbonyl (C=O) groups is 1. The van der Waals surface area contributed by atoms with Gasteiger partial charge in [0.15, 0.2) is 0 Å². The molecule has 5 heteroatoms. The van der Waals surface area contributed by atoms with Crippen LogP contribution in [0.25, 0.3) is 11.3 Å². The molecule has 0 radical (unpaired) electrons. The largest absolute Gasteiger partial charge is 0.478 e. The maximum Gasteiger partial charge on any atom is 0.336 e. The molecule has 2 rings (SSSR count). The van der Waals surface area contributed by atoms with Crippen molar-refractivity contribution in [1.82, 2.24) is 9.97 Å². The van der Waals surface area contributed by atoms with E-state index in [1.54, 1.807) is 24.7 Å². The molecule has 0 bridgehead atoms. The number of rotatable bonds is 2. The van der Waals surface area contributed by atoms with Crippen molar-refractivity contribution >= 4 is 21.9 Å². The second-order valence-corrected chi connectivity index (χ2v) is 3.82. The van der Waals surface area contributed by atoms with Crippen LogP contribution in [0.3, 0.4) is 0 Å². The van der Waals surface area contributed by atoms with Gasteiger partial charge in [-0.25, -0.2) is 9.78 Å². The molecule has 1 aromatic heterocycles. The summed E-state index contributed by atoms with van der Waals surface area (Å²) in [5, 5.41) is 8.93. The lowest BCUT2D eigenvalue weighted by Gasteiger charge is -2.02. The third-order valence-corrected chi connectivity index (χ3v) is 2.70. The summed E-state index contributed by atoms with van der Waals surface area (Å²) in [6, 6.07) is 5.13. The topological polar surface area (TPSA) is 66.0 Å². The number of hydrogen-bond donors (Lipinski definition) is 2. The number of carboxylic acid groups (broad SMARTS) is 1. The third-order valence-electron chi connectivity index (χ3n) is 2.01. The van der Waals surface area contributed by atoms with E-state index in [4.69, 9.17) is 5.11 Å². The zero-order chi connectivity index (χ0) is 10.8. The predicted molar refractivity (Wildman–Crippen MR) is 58.7 cm³/mol. The highest BCUT2D eigenvalue weighted by atomic mass is 79.9. The van der Waals surface area contributed by atoms with Crippen molar-refractivity contribution in [2.24, 2.45) is 0 Å². The first-order valence-electron chi connectivity index (χ1n) is 4.20. The molecular weight excluding hydrogens is 260 g/mol. The maximum atomic E-state index is 10.9. The van der Waals surface area contributed by atoms with Gasteiger partial charge < -0.3 is 10.1 Å². The number of carboxylic acids is 1. The fourth-order valence-electron chi connectivity index (χ4n) is 1.27. The van der Waals surface area contributed by atoms with E-state index >= 15 is 0 Å². The fourth-order valence-corrected chi connectivity index (χ4v) is 1.69. The van der Waals surface area contributed by atoms with E-state index in [1.807, 2.05) is 6.07 Å². The van der Waals surface area contributed by atoms with E-state index in [0.717, 1.165) is 11.3 Å². The van der Waals surface area contributed by atoms with Gasteiger partial charge >= 0.3 is 5.97 Å². The van der Waals surface area contributed by atoms with E-state index in [0.29, 0.717) is 4.47 Å². The van der Waals surface area contributed by atoms with Crippen molar-refractivity contribution in [1.29, 1.82) is 0 Å². The number of benzene rings is 1. The minimum Gasteiger partial charge on any atom is -0.478 e. The molecular formula is C10H7BrN2O2. The summed E-state index contributed by atoms with van der Waals surface area (Å²) in [5.74, 6) is -0.955. The van der Waals surface area contributed by atoms with Crippen LogP contribution in [0.1, 0.15) is 10.4 Å². The van der Waals surface area contributed by atoms with Gasteiger partial charge in [0.25, 0.3) is 0 Å². The quantitative estimate of drug-likeness (QED) is 0.878. The van der Waals surface area contributed by atoms with Gasteiger partial charge in [-0.05, 0) is 28.1 Å².